The van der Waals surface area contributed by atoms with Crippen molar-refractivity contribution in [3.8, 4) is 0 Å². The number of rotatable bonds is 3. The number of anilines is 1. The lowest BCUT2D eigenvalue weighted by Crippen LogP contribution is -2.34. The highest BCUT2D eigenvalue weighted by Crippen LogP contribution is 2.38. The molecule has 9 heteroatoms. The van der Waals surface area contributed by atoms with E-state index in [1.54, 1.807) is 0 Å². The Morgan fingerprint density at radius 3 is 2.30 bits per heavy atom. The molecule has 158 valence electrons. The van der Waals surface area contributed by atoms with Crippen LogP contribution in [0.1, 0.15) is 59.3 Å². The first-order chi connectivity index (χ1) is 14.5. The highest BCUT2D eigenvalue weighted by molar-refractivity contribution is 7.89. The van der Waals surface area contributed by atoms with Crippen molar-refractivity contribution >= 4 is 27.5 Å². The number of nitrogens with one attached hydrogen (secondary N) is 2. The van der Waals surface area contributed by atoms with Crippen molar-refractivity contribution in [2.45, 2.75) is 62.9 Å². The number of fused-ring (bicyclic) bond motifs is 3. The van der Waals surface area contributed by atoms with Gasteiger partial charge in [0.15, 0.2) is 0 Å². The van der Waals surface area contributed by atoms with Crippen molar-refractivity contribution in [1.29, 1.82) is 0 Å². The van der Waals surface area contributed by atoms with Gasteiger partial charge in [-0.3, -0.25) is 0 Å². The van der Waals surface area contributed by atoms with E-state index in [1.807, 2.05) is 0 Å². The molecule has 1 aromatic heterocycles. The molecule has 3 N–H and O–H groups in total. The Morgan fingerprint density at radius 2 is 1.63 bits per heavy atom. The van der Waals surface area contributed by atoms with E-state index in [2.05, 4.69) is 21.3 Å². The van der Waals surface area contributed by atoms with Crippen LogP contribution in [0, 0.1) is 0 Å². The molecule has 0 aliphatic heterocycles. The molecule has 0 unspecified atom stereocenters. The molecule has 2 amide bonds. The maximum Gasteiger partial charge on any atom is 0.333 e. The van der Waals surface area contributed by atoms with E-state index in [0.717, 1.165) is 55.3 Å². The molecule has 0 radical (unpaired) electrons. The third-order valence-corrected chi connectivity index (χ3v) is 7.42. The topological polar surface area (TPSA) is 121 Å². The number of hydrogen-bond donors (Lipinski definition) is 3. The Balaban J connectivity index is 1.40. The lowest BCUT2D eigenvalue weighted by molar-refractivity contribution is 0.256. The third-order valence-electron chi connectivity index (χ3n) is 6.24. The number of carbonyl (C=O) groups excluding carboxylic acids is 1. The summed E-state index contributed by atoms with van der Waals surface area (Å²) in [5.74, 6) is 0.452. The summed E-state index contributed by atoms with van der Waals surface area (Å²) in [6.07, 6.45) is 7.64. The minimum Gasteiger partial charge on any atom is -0.447 e. The molecule has 1 aromatic carbocycles. The molecule has 0 saturated heterocycles. The number of aryl methyl sites for hydroxylation is 3. The normalized spacial score (nSPS) is 18.7. The summed E-state index contributed by atoms with van der Waals surface area (Å²) in [5, 5.41) is 14.8. The summed E-state index contributed by atoms with van der Waals surface area (Å²) in [4.78, 5) is 12.7. The van der Waals surface area contributed by atoms with Gasteiger partial charge in [-0.2, -0.15) is 8.42 Å². The molecule has 0 saturated carbocycles. The zero-order valence-corrected chi connectivity index (χ0v) is 17.3. The summed E-state index contributed by atoms with van der Waals surface area (Å²) in [6.45, 7) is 0. The van der Waals surface area contributed by atoms with Crippen LogP contribution in [0.4, 0.5) is 10.5 Å². The van der Waals surface area contributed by atoms with Gasteiger partial charge in [0.05, 0.1) is 5.71 Å². The van der Waals surface area contributed by atoms with Gasteiger partial charge in [-0.05, 0) is 73.6 Å². The number of carbonyl (C=O) groups is 1. The standard InChI is InChI=1S/C21H23N3O5S/c25-21(22-20-14-6-1-4-12(14)10-13-5-2-7-15(13)20)24-30(27,28)19-11-16-17(23-26)8-3-9-18(16)29-19/h10-11,26H,1-9H2,(H2,22,24,25)/b23-17+. The molecule has 3 aliphatic carbocycles. The molecule has 30 heavy (non-hydrogen) atoms. The van der Waals surface area contributed by atoms with E-state index in [9.17, 15) is 13.2 Å². The zero-order valence-electron chi connectivity index (χ0n) is 16.5. The van der Waals surface area contributed by atoms with Gasteiger partial charge in [-0.1, -0.05) is 11.2 Å². The van der Waals surface area contributed by atoms with Crippen LogP contribution in [-0.2, 0) is 42.1 Å². The third kappa shape index (κ3) is 3.17. The van der Waals surface area contributed by atoms with Gasteiger partial charge in [-0.15, -0.1) is 0 Å². The number of urea groups is 1. The molecule has 0 atom stereocenters. The number of furan rings is 1. The summed E-state index contributed by atoms with van der Waals surface area (Å²) in [7, 11) is -4.20. The maximum absolute atomic E-state index is 12.7. The minimum atomic E-state index is -4.20. The lowest BCUT2D eigenvalue weighted by Gasteiger charge is -2.16. The van der Waals surface area contributed by atoms with E-state index in [1.165, 1.54) is 17.2 Å². The molecule has 5 rings (SSSR count). The zero-order chi connectivity index (χ0) is 20.9. The second kappa shape index (κ2) is 7.16. The average Bonchev–Trinajstić information content (AvgIpc) is 3.45. The molecule has 0 fully saturated rings. The highest BCUT2D eigenvalue weighted by atomic mass is 32.2. The van der Waals surface area contributed by atoms with Crippen LogP contribution in [0.25, 0.3) is 0 Å². The predicted octanol–water partition coefficient (Wildman–Crippen LogP) is 3.28. The first-order valence-corrected chi connectivity index (χ1v) is 11.8. The number of sulfonamides is 1. The van der Waals surface area contributed by atoms with Crippen LogP contribution in [0.2, 0.25) is 0 Å². The molecular weight excluding hydrogens is 406 g/mol. The Morgan fingerprint density at radius 1 is 0.967 bits per heavy atom. The summed E-state index contributed by atoms with van der Waals surface area (Å²) >= 11 is 0. The van der Waals surface area contributed by atoms with Crippen molar-refractivity contribution in [1.82, 2.24) is 4.72 Å². The fourth-order valence-corrected chi connectivity index (χ4v) is 5.78. The Kier molecular flexibility index (Phi) is 4.57. The van der Waals surface area contributed by atoms with Gasteiger partial charge in [0.25, 0.3) is 10.0 Å². The van der Waals surface area contributed by atoms with Crippen LogP contribution in [0.3, 0.4) is 0 Å². The van der Waals surface area contributed by atoms with E-state index in [-0.39, 0.29) is 5.09 Å². The van der Waals surface area contributed by atoms with Crippen LogP contribution in [-0.4, -0.2) is 25.4 Å². The van der Waals surface area contributed by atoms with Crippen molar-refractivity contribution < 1.29 is 22.8 Å². The van der Waals surface area contributed by atoms with Crippen LogP contribution in [0.15, 0.2) is 26.8 Å². The van der Waals surface area contributed by atoms with Gasteiger partial charge in [0.2, 0.25) is 5.09 Å². The van der Waals surface area contributed by atoms with Crippen molar-refractivity contribution in [2.75, 3.05) is 5.32 Å². The smallest absolute Gasteiger partial charge is 0.333 e. The SMILES string of the molecule is O=C(Nc1c2c(cc3c1CCC3)CCC2)NS(=O)(=O)c1cc2c(o1)CCC/C2=N\O. The van der Waals surface area contributed by atoms with Crippen LogP contribution in [0.5, 0.6) is 0 Å². The molecule has 0 spiro atoms. The molecule has 2 aromatic rings. The number of hydrogen-bond acceptors (Lipinski definition) is 6. The fourth-order valence-electron chi connectivity index (χ4n) is 4.90. The van der Waals surface area contributed by atoms with E-state index < -0.39 is 16.1 Å². The molecule has 3 aliphatic rings. The quantitative estimate of drug-likeness (QED) is 0.511. The van der Waals surface area contributed by atoms with Crippen LogP contribution >= 0.6 is 0 Å². The largest absolute Gasteiger partial charge is 0.447 e. The molecule has 8 nitrogen and oxygen atoms in total. The van der Waals surface area contributed by atoms with E-state index in [0.29, 0.717) is 36.3 Å². The van der Waals surface area contributed by atoms with Gasteiger partial charge in [0, 0.05) is 23.7 Å². The number of amides is 2. The summed E-state index contributed by atoms with van der Waals surface area (Å²) < 4.78 is 33.0. The number of benzene rings is 1. The molecule has 0 bridgehead atoms. The number of oxime groups is 1. The second-order valence-electron chi connectivity index (χ2n) is 8.10. The highest BCUT2D eigenvalue weighted by Gasteiger charge is 2.30. The second-order valence-corrected chi connectivity index (χ2v) is 9.71. The minimum absolute atomic E-state index is 0.353. The Bertz CT molecular complexity index is 1150. The van der Waals surface area contributed by atoms with Gasteiger partial charge >= 0.3 is 6.03 Å². The maximum atomic E-state index is 12.7. The lowest BCUT2D eigenvalue weighted by atomic mass is 9.97. The summed E-state index contributed by atoms with van der Waals surface area (Å²) in [6, 6.07) is 2.77. The fraction of sp³-hybridized carbons (Fsp3) is 0.429. The molecule has 1 heterocycles. The average molecular weight is 429 g/mol. The monoisotopic (exact) mass is 429 g/mol. The van der Waals surface area contributed by atoms with E-state index in [4.69, 9.17) is 9.62 Å². The Hall–Kier alpha value is -2.81. The van der Waals surface area contributed by atoms with Crippen molar-refractivity contribution in [3.63, 3.8) is 0 Å². The summed E-state index contributed by atoms with van der Waals surface area (Å²) in [5.41, 5.74) is 6.40. The van der Waals surface area contributed by atoms with Crippen molar-refractivity contribution in [3.05, 3.63) is 45.7 Å². The predicted molar refractivity (Wildman–Crippen MR) is 110 cm³/mol. The van der Waals surface area contributed by atoms with Crippen molar-refractivity contribution in [2.24, 2.45) is 5.16 Å². The van der Waals surface area contributed by atoms with Gasteiger partial charge in [-0.25, -0.2) is 9.52 Å². The number of nitrogens with zero attached hydrogens (tertiary/aromatic N) is 1. The first kappa shape index (κ1) is 19.2. The van der Waals surface area contributed by atoms with E-state index >= 15 is 0 Å². The van der Waals surface area contributed by atoms with Gasteiger partial charge in [0.1, 0.15) is 5.76 Å². The molecular formula is C21H23N3O5S. The van der Waals surface area contributed by atoms with Crippen LogP contribution < -0.4 is 10.0 Å². The van der Waals surface area contributed by atoms with Gasteiger partial charge < -0.3 is 14.9 Å². The first-order valence-electron chi connectivity index (χ1n) is 10.3. The Labute approximate surface area is 174 Å².